The maximum atomic E-state index is 13.4. The van der Waals surface area contributed by atoms with Gasteiger partial charge in [-0.05, 0) is 42.0 Å². The number of amides is 1. The fourth-order valence-electron chi connectivity index (χ4n) is 1.72. The molecule has 0 aliphatic heterocycles. The third-order valence-electron chi connectivity index (χ3n) is 2.80. The molecule has 0 heterocycles. The quantitative estimate of drug-likeness (QED) is 0.864. The van der Waals surface area contributed by atoms with E-state index in [9.17, 15) is 17.6 Å². The number of halogens is 2. The van der Waals surface area contributed by atoms with Crippen molar-refractivity contribution in [1.82, 2.24) is 0 Å². The van der Waals surface area contributed by atoms with E-state index in [0.29, 0.717) is 10.6 Å². The third kappa shape index (κ3) is 4.80. The van der Waals surface area contributed by atoms with E-state index in [1.807, 2.05) is 0 Å². The van der Waals surface area contributed by atoms with Crippen molar-refractivity contribution in [3.05, 3.63) is 69.8 Å². The minimum atomic E-state index is -3.84. The molecule has 2 rings (SSSR count). The number of carbonyl (C=O) groups excluding carboxylic acids is 1. The molecule has 2 aromatic carbocycles. The number of carbonyl (C=O) groups is 1. The minimum absolute atomic E-state index is 0.0287. The summed E-state index contributed by atoms with van der Waals surface area (Å²) >= 11 is 5.74. The van der Waals surface area contributed by atoms with Gasteiger partial charge in [0.2, 0.25) is 0 Å². The highest BCUT2D eigenvalue weighted by Crippen LogP contribution is 2.17. The molecule has 23 heavy (non-hydrogen) atoms. The molecule has 0 saturated carbocycles. The molecule has 8 heteroatoms. The monoisotopic (exact) mass is 354 g/mol. The van der Waals surface area contributed by atoms with Gasteiger partial charge in [-0.3, -0.25) is 9.52 Å². The van der Waals surface area contributed by atoms with E-state index in [-0.39, 0.29) is 5.69 Å². The Labute approximate surface area is 137 Å². The topological polar surface area (TPSA) is 89.3 Å². The normalized spacial score (nSPS) is 11.6. The first-order valence-electron chi connectivity index (χ1n) is 6.33. The van der Waals surface area contributed by atoms with E-state index < -0.39 is 27.3 Å². The number of hydrogen-bond donors (Lipinski definition) is 2. The smallest absolute Gasteiger partial charge is 0.255 e. The van der Waals surface area contributed by atoms with Gasteiger partial charge < -0.3 is 5.73 Å². The second-order valence-electron chi connectivity index (χ2n) is 4.56. The molecular weight excluding hydrogens is 343 g/mol. The van der Waals surface area contributed by atoms with Crippen LogP contribution in [0.1, 0.15) is 15.9 Å². The highest BCUT2D eigenvalue weighted by atomic mass is 35.5. The number of primary amides is 1. The lowest BCUT2D eigenvalue weighted by atomic mass is 10.2. The zero-order valence-electron chi connectivity index (χ0n) is 11.7. The molecular formula is C15H12ClFN2O3S. The van der Waals surface area contributed by atoms with Crippen molar-refractivity contribution in [2.24, 2.45) is 5.73 Å². The van der Waals surface area contributed by atoms with Crippen molar-refractivity contribution in [2.45, 2.75) is 0 Å². The van der Waals surface area contributed by atoms with Crippen LogP contribution in [-0.2, 0) is 10.0 Å². The number of nitrogens with one attached hydrogen (secondary N) is 1. The Morgan fingerprint density at radius 3 is 2.43 bits per heavy atom. The number of sulfonamides is 1. The lowest BCUT2D eigenvalue weighted by molar-refractivity contribution is 0.0996. The molecule has 0 spiro atoms. The molecule has 0 aliphatic carbocycles. The first-order valence-corrected chi connectivity index (χ1v) is 8.25. The van der Waals surface area contributed by atoms with E-state index in [1.54, 1.807) is 24.3 Å². The molecule has 0 radical (unpaired) electrons. The van der Waals surface area contributed by atoms with Gasteiger partial charge in [0, 0.05) is 10.7 Å². The lowest BCUT2D eigenvalue weighted by Gasteiger charge is -2.06. The van der Waals surface area contributed by atoms with Gasteiger partial charge in [-0.25, -0.2) is 12.8 Å². The first kappa shape index (κ1) is 17.0. The van der Waals surface area contributed by atoms with Gasteiger partial charge in [0.25, 0.3) is 15.9 Å². The first-order chi connectivity index (χ1) is 10.8. The van der Waals surface area contributed by atoms with E-state index in [0.717, 1.165) is 17.5 Å². The lowest BCUT2D eigenvalue weighted by Crippen LogP contribution is -2.15. The van der Waals surface area contributed by atoms with Gasteiger partial charge in [0.1, 0.15) is 5.82 Å². The van der Waals surface area contributed by atoms with Crippen molar-refractivity contribution in [3.8, 4) is 0 Å². The Morgan fingerprint density at radius 2 is 1.83 bits per heavy atom. The molecule has 0 saturated heterocycles. The molecule has 0 aliphatic rings. The van der Waals surface area contributed by atoms with Gasteiger partial charge in [0.05, 0.1) is 11.0 Å². The van der Waals surface area contributed by atoms with Crippen LogP contribution >= 0.6 is 11.6 Å². The molecule has 5 nitrogen and oxygen atoms in total. The van der Waals surface area contributed by atoms with Crippen molar-refractivity contribution >= 4 is 39.3 Å². The number of benzene rings is 2. The average Bonchev–Trinajstić information content (AvgIpc) is 2.48. The van der Waals surface area contributed by atoms with E-state index in [4.69, 9.17) is 17.3 Å². The zero-order chi connectivity index (χ0) is 17.0. The fraction of sp³-hybridized carbons (Fsp3) is 0. The van der Waals surface area contributed by atoms with Crippen LogP contribution in [0.2, 0.25) is 5.02 Å². The molecule has 0 unspecified atom stereocenters. The SMILES string of the molecule is NC(=O)c1cc(NS(=O)(=O)/C=C/c2ccc(Cl)cc2)ccc1F. The van der Waals surface area contributed by atoms with Crippen molar-refractivity contribution in [1.29, 1.82) is 0 Å². The van der Waals surface area contributed by atoms with E-state index in [2.05, 4.69) is 4.72 Å². The predicted molar refractivity (Wildman–Crippen MR) is 87.9 cm³/mol. The summed E-state index contributed by atoms with van der Waals surface area (Å²) in [7, 11) is -3.84. The predicted octanol–water partition coefficient (Wildman–Crippen LogP) is 2.99. The molecule has 1 amide bonds. The van der Waals surface area contributed by atoms with Gasteiger partial charge in [-0.2, -0.15) is 0 Å². The standard InChI is InChI=1S/C15H12ClFN2O3S/c16-11-3-1-10(2-4-11)7-8-23(21,22)19-12-5-6-14(17)13(9-12)15(18)20/h1-9,19H,(H2,18,20)/b8-7+. The summed E-state index contributed by atoms with van der Waals surface area (Å²) in [5.74, 6) is -1.81. The highest BCUT2D eigenvalue weighted by molar-refractivity contribution is 7.95. The van der Waals surface area contributed by atoms with Gasteiger partial charge in [-0.1, -0.05) is 23.7 Å². The summed E-state index contributed by atoms with van der Waals surface area (Å²) in [6.45, 7) is 0. The molecule has 0 bridgehead atoms. The summed E-state index contributed by atoms with van der Waals surface area (Å²) in [6.07, 6.45) is 1.37. The summed E-state index contributed by atoms with van der Waals surface area (Å²) < 4.78 is 39.5. The summed E-state index contributed by atoms with van der Waals surface area (Å²) in [5, 5.41) is 1.48. The maximum Gasteiger partial charge on any atom is 0.255 e. The zero-order valence-corrected chi connectivity index (χ0v) is 13.2. The Balaban J connectivity index is 2.19. The molecule has 120 valence electrons. The Hall–Kier alpha value is -2.38. The largest absolute Gasteiger partial charge is 0.366 e. The fourth-order valence-corrected chi connectivity index (χ4v) is 2.70. The Bertz CT molecular complexity index is 865. The minimum Gasteiger partial charge on any atom is -0.366 e. The van der Waals surface area contributed by atoms with Crippen LogP contribution in [0.4, 0.5) is 10.1 Å². The third-order valence-corrected chi connectivity index (χ3v) is 4.07. The molecule has 3 N–H and O–H groups in total. The number of anilines is 1. The highest BCUT2D eigenvalue weighted by Gasteiger charge is 2.12. The molecule has 0 fully saturated rings. The van der Waals surface area contributed by atoms with Crippen molar-refractivity contribution in [2.75, 3.05) is 4.72 Å². The van der Waals surface area contributed by atoms with Crippen LogP contribution in [0.25, 0.3) is 6.08 Å². The maximum absolute atomic E-state index is 13.4. The second kappa shape index (κ2) is 6.80. The van der Waals surface area contributed by atoms with Crippen LogP contribution in [0.5, 0.6) is 0 Å². The van der Waals surface area contributed by atoms with E-state index in [1.165, 1.54) is 12.1 Å². The average molecular weight is 355 g/mol. The van der Waals surface area contributed by atoms with Crippen molar-refractivity contribution < 1.29 is 17.6 Å². The van der Waals surface area contributed by atoms with Gasteiger partial charge in [0.15, 0.2) is 0 Å². The molecule has 2 aromatic rings. The number of nitrogens with two attached hydrogens (primary N) is 1. The second-order valence-corrected chi connectivity index (χ2v) is 6.56. The van der Waals surface area contributed by atoms with Gasteiger partial charge in [-0.15, -0.1) is 0 Å². The number of rotatable bonds is 5. The van der Waals surface area contributed by atoms with Crippen LogP contribution in [-0.4, -0.2) is 14.3 Å². The van der Waals surface area contributed by atoms with Crippen LogP contribution in [0.3, 0.4) is 0 Å². The Kier molecular flexibility index (Phi) is 5.02. The van der Waals surface area contributed by atoms with Crippen LogP contribution in [0, 0.1) is 5.82 Å². The molecule has 0 aromatic heterocycles. The van der Waals surface area contributed by atoms with E-state index >= 15 is 0 Å². The summed E-state index contributed by atoms with van der Waals surface area (Å²) in [6, 6.07) is 9.73. The van der Waals surface area contributed by atoms with Crippen molar-refractivity contribution in [3.63, 3.8) is 0 Å². The Morgan fingerprint density at radius 1 is 1.17 bits per heavy atom. The van der Waals surface area contributed by atoms with Crippen LogP contribution in [0.15, 0.2) is 47.9 Å². The number of hydrogen-bond acceptors (Lipinski definition) is 3. The summed E-state index contributed by atoms with van der Waals surface area (Å²) in [4.78, 5) is 11.1. The molecule has 0 atom stereocenters. The van der Waals surface area contributed by atoms with Gasteiger partial charge >= 0.3 is 0 Å². The summed E-state index contributed by atoms with van der Waals surface area (Å²) in [5.41, 5.74) is 5.28. The van der Waals surface area contributed by atoms with Crippen LogP contribution < -0.4 is 10.5 Å².